The molecule has 0 saturated heterocycles. The molecule has 0 unspecified atom stereocenters. The van der Waals surface area contributed by atoms with Gasteiger partial charge in [0.15, 0.2) is 0 Å². The second kappa shape index (κ2) is 5.45. The summed E-state index contributed by atoms with van der Waals surface area (Å²) < 4.78 is 1.39. The summed E-state index contributed by atoms with van der Waals surface area (Å²) >= 11 is 1.93. The first-order valence-corrected chi connectivity index (χ1v) is 8.53. The quantitative estimate of drug-likeness (QED) is 0.719. The molecule has 112 valence electrons. The molecule has 1 aliphatic rings. The fourth-order valence-corrected chi connectivity index (χ4v) is 4.44. The molecule has 22 heavy (non-hydrogen) atoms. The zero-order valence-corrected chi connectivity index (χ0v) is 13.8. The van der Waals surface area contributed by atoms with E-state index in [1.165, 1.54) is 31.8 Å². The van der Waals surface area contributed by atoms with E-state index in [0.717, 1.165) is 31.9 Å². The van der Waals surface area contributed by atoms with Crippen molar-refractivity contribution in [1.82, 2.24) is 14.9 Å². The van der Waals surface area contributed by atoms with Crippen LogP contribution in [-0.4, -0.2) is 21.4 Å². The SMILES string of the molecule is Cc1ncc2c(n1)CCN(Cc1sc3ccccc3c1C)C2. The molecule has 4 heteroatoms. The van der Waals surface area contributed by atoms with E-state index >= 15 is 0 Å². The van der Waals surface area contributed by atoms with Crippen molar-refractivity contribution in [3.63, 3.8) is 0 Å². The summed E-state index contributed by atoms with van der Waals surface area (Å²) in [5, 5.41) is 1.40. The molecule has 3 nitrogen and oxygen atoms in total. The predicted octanol–water partition coefficient (Wildman–Crippen LogP) is 3.87. The summed E-state index contributed by atoms with van der Waals surface area (Å²) in [7, 11) is 0. The van der Waals surface area contributed by atoms with Gasteiger partial charge in [-0.2, -0.15) is 0 Å². The van der Waals surface area contributed by atoms with Crippen molar-refractivity contribution in [3.05, 3.63) is 58.0 Å². The fraction of sp³-hybridized carbons (Fsp3) is 0.333. The van der Waals surface area contributed by atoms with E-state index in [2.05, 4.69) is 46.1 Å². The molecular formula is C18H19N3S. The molecule has 0 aliphatic carbocycles. The lowest BCUT2D eigenvalue weighted by Crippen LogP contribution is -2.30. The van der Waals surface area contributed by atoms with Gasteiger partial charge >= 0.3 is 0 Å². The molecule has 3 heterocycles. The van der Waals surface area contributed by atoms with Gasteiger partial charge in [0, 0.05) is 53.1 Å². The molecule has 0 fully saturated rings. The van der Waals surface area contributed by atoms with Crippen LogP contribution < -0.4 is 0 Å². The Morgan fingerprint density at radius 2 is 2.09 bits per heavy atom. The van der Waals surface area contributed by atoms with E-state index < -0.39 is 0 Å². The molecule has 1 aliphatic heterocycles. The van der Waals surface area contributed by atoms with E-state index in [4.69, 9.17) is 0 Å². The number of aromatic nitrogens is 2. The molecule has 0 bridgehead atoms. The Morgan fingerprint density at radius 3 is 2.95 bits per heavy atom. The minimum atomic E-state index is 0.882. The summed E-state index contributed by atoms with van der Waals surface area (Å²) in [5.74, 6) is 0.882. The molecule has 0 spiro atoms. The lowest BCUT2D eigenvalue weighted by molar-refractivity contribution is 0.244. The monoisotopic (exact) mass is 309 g/mol. The number of hydrogen-bond acceptors (Lipinski definition) is 4. The third-order valence-electron chi connectivity index (χ3n) is 4.44. The van der Waals surface area contributed by atoms with Gasteiger partial charge in [-0.15, -0.1) is 11.3 Å². The average molecular weight is 309 g/mol. The van der Waals surface area contributed by atoms with Gasteiger partial charge in [0.1, 0.15) is 5.82 Å². The molecule has 0 atom stereocenters. The van der Waals surface area contributed by atoms with Crippen LogP contribution in [0.25, 0.3) is 10.1 Å². The summed E-state index contributed by atoms with van der Waals surface area (Å²) in [4.78, 5) is 12.9. The highest BCUT2D eigenvalue weighted by Crippen LogP contribution is 2.32. The van der Waals surface area contributed by atoms with Crippen LogP contribution >= 0.6 is 11.3 Å². The number of hydrogen-bond donors (Lipinski definition) is 0. The van der Waals surface area contributed by atoms with Crippen LogP contribution in [0, 0.1) is 13.8 Å². The first-order chi connectivity index (χ1) is 10.7. The lowest BCUT2D eigenvalue weighted by Gasteiger charge is -2.27. The zero-order chi connectivity index (χ0) is 15.1. The Hall–Kier alpha value is -1.78. The largest absolute Gasteiger partial charge is 0.293 e. The van der Waals surface area contributed by atoms with Gasteiger partial charge in [-0.3, -0.25) is 4.90 Å². The number of thiophene rings is 1. The third-order valence-corrected chi connectivity index (χ3v) is 5.70. The van der Waals surface area contributed by atoms with E-state index in [1.54, 1.807) is 0 Å². The number of benzene rings is 1. The van der Waals surface area contributed by atoms with E-state index in [0.29, 0.717) is 0 Å². The summed E-state index contributed by atoms with van der Waals surface area (Å²) in [6, 6.07) is 8.70. The third kappa shape index (κ3) is 2.42. The van der Waals surface area contributed by atoms with Gasteiger partial charge in [-0.05, 0) is 30.9 Å². The lowest BCUT2D eigenvalue weighted by atomic mass is 10.1. The summed E-state index contributed by atoms with van der Waals surface area (Å²) in [6.45, 7) is 7.28. The zero-order valence-electron chi connectivity index (χ0n) is 13.0. The van der Waals surface area contributed by atoms with Crippen molar-refractivity contribution in [1.29, 1.82) is 0 Å². The van der Waals surface area contributed by atoms with Gasteiger partial charge in [-0.1, -0.05) is 18.2 Å². The molecule has 0 saturated carbocycles. The van der Waals surface area contributed by atoms with Crippen LogP contribution in [0.3, 0.4) is 0 Å². The van der Waals surface area contributed by atoms with Crippen LogP contribution in [0.2, 0.25) is 0 Å². The second-order valence-corrected chi connectivity index (χ2v) is 7.13. The normalized spacial score (nSPS) is 15.2. The maximum absolute atomic E-state index is 4.57. The molecule has 0 N–H and O–H groups in total. The standard InChI is InChI=1S/C18H19N3S/c1-12-15-5-3-4-6-17(15)22-18(12)11-21-8-7-16-14(10-21)9-19-13(2)20-16/h3-6,9H,7-8,10-11H2,1-2H3. The first kappa shape index (κ1) is 13.9. The van der Waals surface area contributed by atoms with Crippen LogP contribution in [0.15, 0.2) is 30.5 Å². The Balaban J connectivity index is 1.59. The fourth-order valence-electron chi connectivity index (χ4n) is 3.19. The Labute approximate surface area is 134 Å². The highest BCUT2D eigenvalue weighted by molar-refractivity contribution is 7.19. The minimum absolute atomic E-state index is 0.882. The van der Waals surface area contributed by atoms with Crippen molar-refractivity contribution in [2.24, 2.45) is 0 Å². The molecular weight excluding hydrogens is 290 g/mol. The number of nitrogens with zero attached hydrogens (tertiary/aromatic N) is 3. The van der Waals surface area contributed by atoms with Crippen molar-refractivity contribution in [2.45, 2.75) is 33.4 Å². The highest BCUT2D eigenvalue weighted by Gasteiger charge is 2.19. The predicted molar refractivity (Wildman–Crippen MR) is 91.1 cm³/mol. The van der Waals surface area contributed by atoms with Crippen LogP contribution in [0.5, 0.6) is 0 Å². The highest BCUT2D eigenvalue weighted by atomic mass is 32.1. The van der Waals surface area contributed by atoms with Crippen LogP contribution in [0.1, 0.15) is 27.5 Å². The Kier molecular flexibility index (Phi) is 3.43. The second-order valence-electron chi connectivity index (χ2n) is 6.00. The van der Waals surface area contributed by atoms with Crippen molar-refractivity contribution in [2.75, 3.05) is 6.54 Å². The molecule has 0 amide bonds. The first-order valence-electron chi connectivity index (χ1n) is 7.71. The number of fused-ring (bicyclic) bond motifs is 2. The molecule has 0 radical (unpaired) electrons. The number of rotatable bonds is 2. The smallest absolute Gasteiger partial charge is 0.125 e. The van der Waals surface area contributed by atoms with Crippen molar-refractivity contribution < 1.29 is 0 Å². The Morgan fingerprint density at radius 1 is 1.23 bits per heavy atom. The van der Waals surface area contributed by atoms with Crippen LogP contribution in [0.4, 0.5) is 0 Å². The van der Waals surface area contributed by atoms with E-state index in [1.807, 2.05) is 24.5 Å². The number of aryl methyl sites for hydroxylation is 2. The van der Waals surface area contributed by atoms with Gasteiger partial charge < -0.3 is 0 Å². The molecule has 1 aromatic carbocycles. The van der Waals surface area contributed by atoms with Gasteiger partial charge in [0.2, 0.25) is 0 Å². The average Bonchev–Trinajstić information content (AvgIpc) is 2.84. The summed E-state index contributed by atoms with van der Waals surface area (Å²) in [5.41, 5.74) is 3.96. The topological polar surface area (TPSA) is 29.0 Å². The van der Waals surface area contributed by atoms with E-state index in [9.17, 15) is 0 Å². The van der Waals surface area contributed by atoms with Gasteiger partial charge in [0.05, 0.1) is 0 Å². The maximum atomic E-state index is 4.57. The molecule has 4 rings (SSSR count). The molecule has 3 aromatic rings. The van der Waals surface area contributed by atoms with Crippen molar-refractivity contribution in [3.8, 4) is 0 Å². The Bertz CT molecular complexity index is 837. The van der Waals surface area contributed by atoms with Crippen molar-refractivity contribution >= 4 is 21.4 Å². The summed E-state index contributed by atoms with van der Waals surface area (Å²) in [6.07, 6.45) is 3.03. The van der Waals surface area contributed by atoms with Gasteiger partial charge in [-0.25, -0.2) is 9.97 Å². The van der Waals surface area contributed by atoms with Gasteiger partial charge in [0.25, 0.3) is 0 Å². The maximum Gasteiger partial charge on any atom is 0.125 e. The minimum Gasteiger partial charge on any atom is -0.293 e. The van der Waals surface area contributed by atoms with E-state index in [-0.39, 0.29) is 0 Å². The van der Waals surface area contributed by atoms with Crippen LogP contribution in [-0.2, 0) is 19.5 Å². The molecule has 2 aromatic heterocycles.